The Bertz CT molecular complexity index is 94.9. The maximum absolute atomic E-state index is 8.52. The molecule has 0 aromatic carbocycles. The molecule has 37 valence electrons. The summed E-state index contributed by atoms with van der Waals surface area (Å²) in [5.41, 5.74) is 0. The van der Waals surface area contributed by atoms with Gasteiger partial charge < -0.3 is 9.11 Å². The molecule has 0 aromatic heterocycles. The second-order valence-electron chi connectivity index (χ2n) is 0.408. The van der Waals surface area contributed by atoms with Gasteiger partial charge in [-0.25, -0.2) is 0 Å². The van der Waals surface area contributed by atoms with Crippen molar-refractivity contribution >= 4 is 10.4 Å². The average molecular weight is 152 g/mol. The van der Waals surface area contributed by atoms with Crippen LogP contribution in [-0.2, 0) is 27.5 Å². The maximum atomic E-state index is 8.52. The zero-order valence-corrected chi connectivity index (χ0v) is 4.42. The summed E-state index contributed by atoms with van der Waals surface area (Å²) < 4.78 is 34.1. The second kappa shape index (κ2) is 2.54. The topological polar surface area (TPSA) is 80.3 Å². The van der Waals surface area contributed by atoms with E-state index in [1.165, 1.54) is 0 Å². The van der Waals surface area contributed by atoms with Crippen molar-refractivity contribution in [1.29, 1.82) is 0 Å². The monoisotopic (exact) mass is 152 g/mol. The summed E-state index contributed by atoms with van der Waals surface area (Å²) in [7, 11) is -5.17. The molecule has 0 saturated heterocycles. The number of rotatable bonds is 0. The van der Waals surface area contributed by atoms with Gasteiger partial charge in [0, 0.05) is 10.4 Å². The van der Waals surface area contributed by atoms with E-state index in [1.54, 1.807) is 0 Å². The predicted octanol–water partition coefficient (Wildman–Crippen LogP) is -1.23. The fourth-order valence-electron chi connectivity index (χ4n) is 0. The van der Waals surface area contributed by atoms with Gasteiger partial charge in [0.05, 0.1) is 0 Å². The molecule has 0 saturated carbocycles. The molecular formula is HMnO4S+. The average Bonchev–Trinajstić information content (AvgIpc) is 0.722. The Hall–Kier alpha value is 0.389. The molecule has 4 nitrogen and oxygen atoms in total. The SMILES string of the molecule is O=S(=O)([O-])[O-].[H+].[Mn+2]. The fraction of sp³-hybridized carbons (Fsp3) is 0. The van der Waals surface area contributed by atoms with Crippen LogP contribution in [0.5, 0.6) is 0 Å². The van der Waals surface area contributed by atoms with Crippen LogP contribution in [-0.4, -0.2) is 17.5 Å². The maximum Gasteiger partial charge on any atom is 2.00 e. The van der Waals surface area contributed by atoms with Gasteiger partial charge in [0.15, 0.2) is 0 Å². The Morgan fingerprint density at radius 1 is 1.33 bits per heavy atom. The molecule has 0 atom stereocenters. The Morgan fingerprint density at radius 2 is 1.33 bits per heavy atom. The molecule has 0 amide bonds. The van der Waals surface area contributed by atoms with E-state index in [0.717, 1.165) is 0 Å². The van der Waals surface area contributed by atoms with Crippen LogP contribution in [0.25, 0.3) is 0 Å². The minimum atomic E-state index is -5.17. The zero-order chi connectivity index (χ0) is 4.50. The largest absolute Gasteiger partial charge is 2.00 e. The number of hydrogen-bond acceptors (Lipinski definition) is 4. The van der Waals surface area contributed by atoms with Gasteiger partial charge in [0.25, 0.3) is 0 Å². The van der Waals surface area contributed by atoms with Crippen molar-refractivity contribution in [3.8, 4) is 0 Å². The summed E-state index contributed by atoms with van der Waals surface area (Å²) in [6.45, 7) is 0. The third-order valence-corrected chi connectivity index (χ3v) is 0. The minimum absolute atomic E-state index is 0. The summed E-state index contributed by atoms with van der Waals surface area (Å²) in [5.74, 6) is 0. The predicted molar refractivity (Wildman–Crippen MR) is 11.6 cm³/mol. The molecular weight excluding hydrogens is 151 g/mol. The normalized spacial score (nSPS) is 9.67. The van der Waals surface area contributed by atoms with Crippen molar-refractivity contribution in [2.45, 2.75) is 0 Å². The summed E-state index contributed by atoms with van der Waals surface area (Å²) >= 11 is 0. The molecule has 0 rings (SSSR count). The molecule has 0 aliphatic heterocycles. The molecule has 0 aliphatic rings. The second-order valence-corrected chi connectivity index (χ2v) is 1.22. The van der Waals surface area contributed by atoms with Crippen LogP contribution in [0.1, 0.15) is 1.43 Å². The van der Waals surface area contributed by atoms with Gasteiger partial charge >= 0.3 is 18.5 Å². The molecule has 0 unspecified atom stereocenters. The van der Waals surface area contributed by atoms with Crippen molar-refractivity contribution in [3.05, 3.63) is 0 Å². The van der Waals surface area contributed by atoms with E-state index in [2.05, 4.69) is 0 Å². The van der Waals surface area contributed by atoms with Crippen LogP contribution in [0.15, 0.2) is 0 Å². The van der Waals surface area contributed by atoms with Gasteiger partial charge in [0.1, 0.15) is 0 Å². The van der Waals surface area contributed by atoms with E-state index in [4.69, 9.17) is 17.5 Å². The molecule has 0 spiro atoms. The molecule has 0 fully saturated rings. The van der Waals surface area contributed by atoms with Crippen molar-refractivity contribution in [2.24, 2.45) is 0 Å². The summed E-state index contributed by atoms with van der Waals surface area (Å²) in [6, 6.07) is 0. The van der Waals surface area contributed by atoms with Gasteiger partial charge in [-0.1, -0.05) is 0 Å². The van der Waals surface area contributed by atoms with E-state index >= 15 is 0 Å². The van der Waals surface area contributed by atoms with Crippen LogP contribution >= 0.6 is 0 Å². The Kier molecular flexibility index (Phi) is 4.08. The Balaban J connectivity index is -0.0000000800. The summed E-state index contributed by atoms with van der Waals surface area (Å²) in [6.07, 6.45) is 0. The molecule has 1 radical (unpaired) electrons. The first-order valence-electron chi connectivity index (χ1n) is 0.667. The zero-order valence-electron chi connectivity index (χ0n) is 3.42. The van der Waals surface area contributed by atoms with Gasteiger partial charge in [0.2, 0.25) is 0 Å². The molecule has 0 aromatic rings. The first-order chi connectivity index (χ1) is 2.00. The fourth-order valence-corrected chi connectivity index (χ4v) is 0. The molecule has 0 N–H and O–H groups in total. The Labute approximate surface area is 47.1 Å². The number of hydrogen-bond donors (Lipinski definition) is 0. The van der Waals surface area contributed by atoms with Crippen molar-refractivity contribution in [2.75, 3.05) is 0 Å². The van der Waals surface area contributed by atoms with Crippen molar-refractivity contribution in [3.63, 3.8) is 0 Å². The van der Waals surface area contributed by atoms with Crippen LogP contribution in [0.2, 0.25) is 0 Å². The van der Waals surface area contributed by atoms with Gasteiger partial charge in [-0.15, -0.1) is 0 Å². The Morgan fingerprint density at radius 3 is 1.33 bits per heavy atom. The van der Waals surface area contributed by atoms with Crippen LogP contribution in [0.4, 0.5) is 0 Å². The van der Waals surface area contributed by atoms with Gasteiger partial charge in [-0.05, 0) is 0 Å². The van der Waals surface area contributed by atoms with Crippen LogP contribution < -0.4 is 0 Å². The summed E-state index contributed by atoms with van der Waals surface area (Å²) in [4.78, 5) is 0. The van der Waals surface area contributed by atoms with E-state index in [9.17, 15) is 0 Å². The van der Waals surface area contributed by atoms with Crippen LogP contribution in [0, 0.1) is 0 Å². The smallest absolute Gasteiger partial charge is 0.759 e. The van der Waals surface area contributed by atoms with Crippen LogP contribution in [0.3, 0.4) is 0 Å². The minimum Gasteiger partial charge on any atom is -0.759 e. The van der Waals surface area contributed by atoms with E-state index < -0.39 is 10.4 Å². The van der Waals surface area contributed by atoms with E-state index in [0.29, 0.717) is 0 Å². The molecule has 0 heterocycles. The third-order valence-electron chi connectivity index (χ3n) is 0. The summed E-state index contributed by atoms with van der Waals surface area (Å²) in [5, 5.41) is 0. The van der Waals surface area contributed by atoms with Gasteiger partial charge in [-0.2, -0.15) is 0 Å². The third kappa shape index (κ3) is 332. The molecule has 0 aliphatic carbocycles. The van der Waals surface area contributed by atoms with Crippen molar-refractivity contribution < 1.29 is 36.0 Å². The first-order valence-corrected chi connectivity index (χ1v) is 2.00. The quantitative estimate of drug-likeness (QED) is 0.247. The first kappa shape index (κ1) is 9.63. The van der Waals surface area contributed by atoms with Gasteiger partial charge in [-0.3, -0.25) is 8.42 Å². The molecule has 6 heteroatoms. The van der Waals surface area contributed by atoms with E-state index in [1.807, 2.05) is 0 Å². The molecule has 6 heavy (non-hydrogen) atoms. The standard InChI is InChI=1S/Mn.H2O4S/c;1-5(2,3)4/h;(H2,1,2,3,4)/q+2;/p-1. The molecule has 0 bridgehead atoms. The van der Waals surface area contributed by atoms with E-state index in [-0.39, 0.29) is 18.5 Å². The van der Waals surface area contributed by atoms with Crippen molar-refractivity contribution in [1.82, 2.24) is 0 Å².